The molecule has 4 fully saturated rings. The van der Waals surface area contributed by atoms with Crippen molar-refractivity contribution < 1.29 is 15.5 Å². The standard InChI is InChI=1S/C10H19N3/c1-10-6-12-2-3-13(7-10)5-8(4-12)9(10)11/h8-9H,2-7,11H2,1H3/p+3/t8?,9-,10?/m0/s1. The van der Waals surface area contributed by atoms with Gasteiger partial charge in [0.1, 0.15) is 30.5 Å². The molecule has 4 saturated heterocycles. The molecule has 4 bridgehead atoms. The Morgan fingerprint density at radius 2 is 1.69 bits per heavy atom. The third-order valence-corrected chi connectivity index (χ3v) is 4.71. The van der Waals surface area contributed by atoms with Gasteiger partial charge in [0.05, 0.1) is 26.2 Å². The van der Waals surface area contributed by atoms with E-state index >= 15 is 0 Å². The molecule has 0 aliphatic carbocycles. The van der Waals surface area contributed by atoms with Gasteiger partial charge >= 0.3 is 0 Å². The molecule has 4 rings (SSSR count). The Morgan fingerprint density at radius 1 is 1.15 bits per heavy atom. The van der Waals surface area contributed by atoms with Gasteiger partial charge in [0.15, 0.2) is 0 Å². The molecular formula is C10H22N3+3. The minimum absolute atomic E-state index is 0.558. The van der Waals surface area contributed by atoms with Crippen LogP contribution < -0.4 is 15.5 Å². The van der Waals surface area contributed by atoms with Crippen LogP contribution in [0.4, 0.5) is 0 Å². The second-order valence-corrected chi connectivity index (χ2v) is 5.78. The van der Waals surface area contributed by atoms with Gasteiger partial charge in [-0.25, -0.2) is 0 Å². The van der Waals surface area contributed by atoms with Crippen LogP contribution in [0.25, 0.3) is 0 Å². The Kier molecular flexibility index (Phi) is 1.56. The fourth-order valence-electron chi connectivity index (χ4n) is 4.01. The molecule has 0 amide bonds. The first kappa shape index (κ1) is 8.21. The molecule has 3 atom stereocenters. The van der Waals surface area contributed by atoms with Gasteiger partial charge in [0, 0.05) is 0 Å². The van der Waals surface area contributed by atoms with E-state index in [0.29, 0.717) is 5.41 Å². The summed E-state index contributed by atoms with van der Waals surface area (Å²) in [6.45, 7) is 10.9. The van der Waals surface area contributed by atoms with Gasteiger partial charge in [-0.1, -0.05) is 0 Å². The quantitative estimate of drug-likeness (QED) is 0.344. The number of hydrogen-bond acceptors (Lipinski definition) is 0. The first-order chi connectivity index (χ1) is 6.17. The normalized spacial score (nSPS) is 59.5. The molecule has 4 aliphatic heterocycles. The van der Waals surface area contributed by atoms with E-state index in [1.165, 1.54) is 39.3 Å². The molecular weight excluding hydrogens is 162 g/mol. The molecule has 0 aromatic rings. The van der Waals surface area contributed by atoms with Gasteiger partial charge in [-0.05, 0) is 6.92 Å². The van der Waals surface area contributed by atoms with Crippen LogP contribution in [-0.4, -0.2) is 45.3 Å². The van der Waals surface area contributed by atoms with E-state index < -0.39 is 0 Å². The summed E-state index contributed by atoms with van der Waals surface area (Å²) in [5, 5.41) is 0. The highest BCUT2D eigenvalue weighted by Gasteiger charge is 2.57. The fraction of sp³-hybridized carbons (Fsp3) is 1.00. The lowest BCUT2D eigenvalue weighted by Crippen LogP contribution is -3.18. The molecule has 5 N–H and O–H groups in total. The maximum Gasteiger partial charge on any atom is 0.127 e. The minimum atomic E-state index is 0.558. The molecule has 2 unspecified atom stereocenters. The summed E-state index contributed by atoms with van der Waals surface area (Å²) in [5.74, 6) is 0.917. The molecule has 0 aromatic heterocycles. The number of rotatable bonds is 0. The summed E-state index contributed by atoms with van der Waals surface area (Å²) >= 11 is 0. The first-order valence-electron chi connectivity index (χ1n) is 5.68. The van der Waals surface area contributed by atoms with E-state index in [4.69, 9.17) is 0 Å². The molecule has 3 heteroatoms. The van der Waals surface area contributed by atoms with Crippen LogP contribution in [0.1, 0.15) is 6.92 Å². The van der Waals surface area contributed by atoms with Gasteiger partial charge in [-0.2, -0.15) is 0 Å². The molecule has 74 valence electrons. The van der Waals surface area contributed by atoms with E-state index in [9.17, 15) is 0 Å². The second-order valence-electron chi connectivity index (χ2n) is 5.78. The lowest BCUT2D eigenvalue weighted by atomic mass is 9.70. The van der Waals surface area contributed by atoms with Crippen LogP contribution in [0, 0.1) is 11.3 Å². The largest absolute Gasteiger partial charge is 0.354 e. The van der Waals surface area contributed by atoms with E-state index in [-0.39, 0.29) is 0 Å². The van der Waals surface area contributed by atoms with Crippen molar-refractivity contribution in [1.29, 1.82) is 0 Å². The molecule has 0 radical (unpaired) electrons. The summed E-state index contributed by atoms with van der Waals surface area (Å²) in [5.41, 5.74) is 4.98. The summed E-state index contributed by atoms with van der Waals surface area (Å²) in [6, 6.07) is 0.734. The van der Waals surface area contributed by atoms with Crippen molar-refractivity contribution in [2.24, 2.45) is 11.3 Å². The van der Waals surface area contributed by atoms with E-state index in [0.717, 1.165) is 12.0 Å². The average Bonchev–Trinajstić information content (AvgIpc) is 2.28. The highest BCUT2D eigenvalue weighted by Crippen LogP contribution is 2.26. The summed E-state index contributed by atoms with van der Waals surface area (Å²) in [7, 11) is 0. The predicted octanol–water partition coefficient (Wildman–Crippen LogP) is -3.97. The third kappa shape index (κ3) is 1.07. The van der Waals surface area contributed by atoms with Crippen molar-refractivity contribution in [2.45, 2.75) is 13.0 Å². The number of nitrogens with one attached hydrogen (secondary N) is 2. The summed E-state index contributed by atoms with van der Waals surface area (Å²) < 4.78 is 0. The zero-order valence-electron chi connectivity index (χ0n) is 8.60. The average molecular weight is 184 g/mol. The molecule has 3 nitrogen and oxygen atoms in total. The van der Waals surface area contributed by atoms with E-state index in [1.54, 1.807) is 0 Å². The van der Waals surface area contributed by atoms with E-state index in [2.05, 4.69) is 12.7 Å². The highest BCUT2D eigenvalue weighted by atomic mass is 15.3. The molecule has 0 spiro atoms. The Bertz CT molecular complexity index is 212. The number of hydrogen-bond donors (Lipinski definition) is 3. The maximum atomic E-state index is 4.42. The minimum Gasteiger partial charge on any atom is -0.354 e. The van der Waals surface area contributed by atoms with Crippen molar-refractivity contribution in [2.75, 3.05) is 39.3 Å². The van der Waals surface area contributed by atoms with Crippen molar-refractivity contribution in [1.82, 2.24) is 0 Å². The molecule has 0 saturated carbocycles. The van der Waals surface area contributed by atoms with Crippen molar-refractivity contribution >= 4 is 0 Å². The Labute approximate surface area is 79.9 Å². The van der Waals surface area contributed by atoms with Gasteiger partial charge in [0.2, 0.25) is 0 Å². The first-order valence-corrected chi connectivity index (χ1v) is 5.68. The van der Waals surface area contributed by atoms with Crippen LogP contribution in [-0.2, 0) is 0 Å². The third-order valence-electron chi connectivity index (χ3n) is 4.71. The van der Waals surface area contributed by atoms with E-state index in [1.807, 2.05) is 9.80 Å². The van der Waals surface area contributed by atoms with Gasteiger partial charge < -0.3 is 15.5 Å². The van der Waals surface area contributed by atoms with Crippen molar-refractivity contribution in [3.63, 3.8) is 0 Å². The lowest BCUT2D eigenvalue weighted by Gasteiger charge is -2.45. The number of piperidine rings is 2. The number of fused-ring (bicyclic) bond motifs is 1. The van der Waals surface area contributed by atoms with Crippen molar-refractivity contribution in [3.05, 3.63) is 0 Å². The van der Waals surface area contributed by atoms with Gasteiger partial charge in [-0.3, -0.25) is 0 Å². The molecule has 4 aliphatic rings. The fourth-order valence-corrected chi connectivity index (χ4v) is 4.01. The second kappa shape index (κ2) is 2.47. The topological polar surface area (TPSA) is 36.5 Å². The van der Waals surface area contributed by atoms with Gasteiger partial charge in [-0.15, -0.1) is 0 Å². The zero-order valence-corrected chi connectivity index (χ0v) is 8.60. The predicted molar refractivity (Wildman–Crippen MR) is 49.4 cm³/mol. The van der Waals surface area contributed by atoms with Crippen LogP contribution in [0.15, 0.2) is 0 Å². The SMILES string of the molecule is CC12C[NH+]3CC[NH+](CC(C3)[C@@H]1[NH3+])C2. The highest BCUT2D eigenvalue weighted by molar-refractivity contribution is 4.91. The molecule has 13 heavy (non-hydrogen) atoms. The van der Waals surface area contributed by atoms with Crippen LogP contribution in [0.5, 0.6) is 0 Å². The smallest absolute Gasteiger partial charge is 0.127 e. The van der Waals surface area contributed by atoms with Crippen LogP contribution in [0.3, 0.4) is 0 Å². The Morgan fingerprint density at radius 3 is 2.15 bits per heavy atom. The zero-order chi connectivity index (χ0) is 9.05. The Balaban J connectivity index is 1.98. The number of quaternary nitrogens is 3. The lowest BCUT2D eigenvalue weighted by molar-refractivity contribution is -0.918. The van der Waals surface area contributed by atoms with Crippen LogP contribution in [0.2, 0.25) is 0 Å². The molecule has 0 aromatic carbocycles. The molecule has 4 heterocycles. The van der Waals surface area contributed by atoms with Crippen molar-refractivity contribution in [3.8, 4) is 0 Å². The summed E-state index contributed by atoms with van der Waals surface area (Å²) in [4.78, 5) is 3.72. The monoisotopic (exact) mass is 184 g/mol. The van der Waals surface area contributed by atoms with Gasteiger partial charge in [0.25, 0.3) is 0 Å². The summed E-state index contributed by atoms with van der Waals surface area (Å²) in [6.07, 6.45) is 0. The Hall–Kier alpha value is -0.120. The maximum absolute atomic E-state index is 4.42. The van der Waals surface area contributed by atoms with Crippen LogP contribution >= 0.6 is 0 Å².